The van der Waals surface area contributed by atoms with Gasteiger partial charge >= 0.3 is 0 Å². The summed E-state index contributed by atoms with van der Waals surface area (Å²) in [5.74, 6) is -0.220. The van der Waals surface area contributed by atoms with Crippen LogP contribution in [0.3, 0.4) is 0 Å². The van der Waals surface area contributed by atoms with Crippen LogP contribution in [0.15, 0.2) is 36.5 Å². The fraction of sp³-hybridized carbons (Fsp3) is 0.825. The van der Waals surface area contributed by atoms with E-state index in [0.29, 0.717) is 17.4 Å². The second-order valence-corrected chi connectivity index (χ2v) is 16.0. The van der Waals surface area contributed by atoms with E-state index in [1.54, 1.807) is 6.08 Å². The molecule has 0 aromatic carbocycles. The standard InChI is InChI=1S/C40H77N2O6P/c1-6-8-10-12-14-16-17-18-19-20-21-22-23-24-26-28-30-32-34-40(44)41-38(37-48-49(45,46)47-36-35-42(3,4)5)39(43)33-31-29-27-25-15-13-11-9-7-2/h15,21-22,25,31,33,38-39,43H,6-14,16-20,23-24,26-30,32,34-37H2,1-5H3,(H-,41,44,45,46)/b22-21-,25-15+,33-31+. The highest BCUT2D eigenvalue weighted by Crippen LogP contribution is 2.38. The van der Waals surface area contributed by atoms with Crippen LogP contribution in [-0.4, -0.2) is 68.5 Å². The van der Waals surface area contributed by atoms with Gasteiger partial charge in [0.2, 0.25) is 5.91 Å². The lowest BCUT2D eigenvalue weighted by molar-refractivity contribution is -0.870. The molecule has 0 saturated carbocycles. The number of allylic oxidation sites excluding steroid dienone is 5. The molecule has 0 radical (unpaired) electrons. The number of phosphoric ester groups is 1. The number of carbonyl (C=O) groups excluding carboxylic acids is 1. The van der Waals surface area contributed by atoms with Gasteiger partial charge in [-0.3, -0.25) is 9.36 Å². The van der Waals surface area contributed by atoms with Crippen LogP contribution in [0.2, 0.25) is 0 Å². The lowest BCUT2D eigenvalue weighted by Crippen LogP contribution is -2.45. The molecule has 0 aliphatic carbocycles. The number of amides is 1. The Kier molecular flexibility index (Phi) is 31.8. The van der Waals surface area contributed by atoms with Crippen LogP contribution in [0.25, 0.3) is 0 Å². The van der Waals surface area contributed by atoms with Crippen molar-refractivity contribution < 1.29 is 32.9 Å². The molecule has 3 unspecified atom stereocenters. The molecule has 9 heteroatoms. The molecule has 49 heavy (non-hydrogen) atoms. The molecule has 0 aliphatic rings. The van der Waals surface area contributed by atoms with E-state index >= 15 is 0 Å². The maximum Gasteiger partial charge on any atom is 0.268 e. The van der Waals surface area contributed by atoms with Gasteiger partial charge in [0.1, 0.15) is 13.2 Å². The number of quaternary nitrogens is 1. The molecule has 0 aliphatic heterocycles. The first kappa shape index (κ1) is 47.7. The zero-order valence-corrected chi connectivity index (χ0v) is 33.3. The summed E-state index contributed by atoms with van der Waals surface area (Å²) in [7, 11) is 1.23. The monoisotopic (exact) mass is 713 g/mol. The highest BCUT2D eigenvalue weighted by Gasteiger charge is 2.23. The number of carbonyl (C=O) groups is 1. The molecule has 8 nitrogen and oxygen atoms in total. The summed E-state index contributed by atoms with van der Waals surface area (Å²) in [5, 5.41) is 13.6. The molecule has 0 aromatic rings. The van der Waals surface area contributed by atoms with E-state index in [-0.39, 0.29) is 12.5 Å². The first-order chi connectivity index (χ1) is 23.5. The highest BCUT2D eigenvalue weighted by molar-refractivity contribution is 7.45. The smallest absolute Gasteiger partial charge is 0.268 e. The number of nitrogens with zero attached hydrogens (tertiary/aromatic N) is 1. The van der Waals surface area contributed by atoms with Crippen LogP contribution in [0.5, 0.6) is 0 Å². The Bertz CT molecular complexity index is 902. The van der Waals surface area contributed by atoms with Gasteiger partial charge in [-0.2, -0.15) is 0 Å². The van der Waals surface area contributed by atoms with Crippen molar-refractivity contribution in [3.63, 3.8) is 0 Å². The molecule has 1 amide bonds. The third kappa shape index (κ3) is 34.9. The molecule has 0 saturated heterocycles. The molecule has 3 atom stereocenters. The molecule has 0 fully saturated rings. The van der Waals surface area contributed by atoms with Gasteiger partial charge < -0.3 is 28.8 Å². The van der Waals surface area contributed by atoms with Gasteiger partial charge in [-0.05, 0) is 57.8 Å². The van der Waals surface area contributed by atoms with E-state index in [9.17, 15) is 19.4 Å². The van der Waals surface area contributed by atoms with Gasteiger partial charge in [0.05, 0.1) is 39.9 Å². The number of aliphatic hydroxyl groups excluding tert-OH is 1. The Hall–Kier alpha value is -1.28. The van der Waals surface area contributed by atoms with E-state index in [0.717, 1.165) is 51.4 Å². The van der Waals surface area contributed by atoms with Crippen LogP contribution < -0.4 is 10.2 Å². The minimum absolute atomic E-state index is 0.00856. The molecule has 0 aromatic heterocycles. The number of nitrogens with one attached hydrogen (secondary N) is 1. The van der Waals surface area contributed by atoms with Crippen LogP contribution in [0, 0.1) is 0 Å². The minimum atomic E-state index is -4.59. The Labute approximate surface area is 302 Å². The zero-order valence-electron chi connectivity index (χ0n) is 32.4. The van der Waals surface area contributed by atoms with E-state index < -0.39 is 26.6 Å². The third-order valence-corrected chi connectivity index (χ3v) is 9.54. The Morgan fingerprint density at radius 3 is 1.69 bits per heavy atom. The third-order valence-electron chi connectivity index (χ3n) is 8.57. The van der Waals surface area contributed by atoms with Gasteiger partial charge in [-0.15, -0.1) is 0 Å². The maximum absolute atomic E-state index is 12.8. The normalized spacial score (nSPS) is 15.0. The minimum Gasteiger partial charge on any atom is -0.756 e. The van der Waals surface area contributed by atoms with Crippen molar-refractivity contribution in [3.05, 3.63) is 36.5 Å². The second kappa shape index (κ2) is 32.6. The highest BCUT2D eigenvalue weighted by atomic mass is 31.2. The molecule has 0 bridgehead atoms. The average molecular weight is 713 g/mol. The molecule has 0 heterocycles. The maximum atomic E-state index is 12.8. The van der Waals surface area contributed by atoms with Crippen LogP contribution in [0.1, 0.15) is 162 Å². The van der Waals surface area contributed by atoms with Crippen LogP contribution in [0.4, 0.5) is 0 Å². The fourth-order valence-corrected chi connectivity index (χ4v) is 6.06. The van der Waals surface area contributed by atoms with Crippen molar-refractivity contribution in [2.75, 3.05) is 40.9 Å². The number of unbranched alkanes of at least 4 members (excludes halogenated alkanes) is 18. The van der Waals surface area contributed by atoms with Crippen molar-refractivity contribution in [1.29, 1.82) is 0 Å². The van der Waals surface area contributed by atoms with Crippen molar-refractivity contribution in [3.8, 4) is 0 Å². The summed E-state index contributed by atoms with van der Waals surface area (Å²) in [6.07, 6.45) is 37.7. The van der Waals surface area contributed by atoms with Crippen molar-refractivity contribution in [2.45, 2.75) is 174 Å². The molecule has 288 valence electrons. The van der Waals surface area contributed by atoms with Crippen LogP contribution in [-0.2, 0) is 18.4 Å². The van der Waals surface area contributed by atoms with Crippen molar-refractivity contribution in [2.24, 2.45) is 0 Å². The number of hydrogen-bond donors (Lipinski definition) is 2. The number of aliphatic hydroxyl groups is 1. The van der Waals surface area contributed by atoms with Gasteiger partial charge in [0.15, 0.2) is 0 Å². The summed E-state index contributed by atoms with van der Waals surface area (Å²) >= 11 is 0. The number of rotatable bonds is 35. The number of likely N-dealkylation sites (N-methyl/N-ethyl adjacent to an activating group) is 1. The Morgan fingerprint density at radius 2 is 1.14 bits per heavy atom. The van der Waals surface area contributed by atoms with Crippen molar-refractivity contribution in [1.82, 2.24) is 5.32 Å². The predicted octanol–water partition coefficient (Wildman–Crippen LogP) is 9.72. The van der Waals surface area contributed by atoms with Gasteiger partial charge in [0, 0.05) is 6.42 Å². The fourth-order valence-electron chi connectivity index (χ4n) is 5.34. The molecular weight excluding hydrogens is 635 g/mol. The first-order valence-electron chi connectivity index (χ1n) is 19.9. The summed E-state index contributed by atoms with van der Waals surface area (Å²) in [6, 6.07) is -0.903. The first-order valence-corrected chi connectivity index (χ1v) is 21.3. The Balaban J connectivity index is 4.43. The quantitative estimate of drug-likeness (QED) is 0.0293. The zero-order chi connectivity index (χ0) is 36.5. The summed E-state index contributed by atoms with van der Waals surface area (Å²) in [6.45, 7) is 4.54. The van der Waals surface area contributed by atoms with E-state index in [1.165, 1.54) is 89.9 Å². The molecule has 2 N–H and O–H groups in total. The van der Waals surface area contributed by atoms with Crippen LogP contribution >= 0.6 is 7.82 Å². The van der Waals surface area contributed by atoms with E-state index in [2.05, 4.69) is 43.5 Å². The predicted molar refractivity (Wildman–Crippen MR) is 205 cm³/mol. The lowest BCUT2D eigenvalue weighted by atomic mass is 10.1. The van der Waals surface area contributed by atoms with Gasteiger partial charge in [0.25, 0.3) is 7.82 Å². The largest absolute Gasteiger partial charge is 0.756 e. The summed E-state index contributed by atoms with van der Waals surface area (Å²) in [4.78, 5) is 25.1. The number of phosphoric acid groups is 1. The summed E-state index contributed by atoms with van der Waals surface area (Å²) < 4.78 is 23.0. The SMILES string of the molecule is CCCCC/C=C/CC/C=C/C(O)C(COP(=O)([O-])OCC[N+](C)(C)C)NC(=O)CCCCCCC/C=C\CCCCCCCCCCC. The van der Waals surface area contributed by atoms with E-state index in [4.69, 9.17) is 9.05 Å². The molecular formula is C40H77N2O6P. The molecule has 0 rings (SSSR count). The second-order valence-electron chi connectivity index (χ2n) is 14.6. The number of hydrogen-bond acceptors (Lipinski definition) is 6. The van der Waals surface area contributed by atoms with Gasteiger partial charge in [-0.25, -0.2) is 0 Å². The Morgan fingerprint density at radius 1 is 0.694 bits per heavy atom. The topological polar surface area (TPSA) is 108 Å². The van der Waals surface area contributed by atoms with E-state index in [1.807, 2.05) is 27.2 Å². The van der Waals surface area contributed by atoms with Gasteiger partial charge in [-0.1, -0.05) is 134 Å². The molecule has 0 spiro atoms. The summed E-state index contributed by atoms with van der Waals surface area (Å²) in [5.41, 5.74) is 0. The average Bonchev–Trinajstić information content (AvgIpc) is 3.04. The lowest BCUT2D eigenvalue weighted by Gasteiger charge is -2.29. The van der Waals surface area contributed by atoms with Crippen molar-refractivity contribution >= 4 is 13.7 Å².